The van der Waals surface area contributed by atoms with Gasteiger partial charge in [-0.05, 0) is 11.1 Å². The quantitative estimate of drug-likeness (QED) is 0.316. The number of nitrogens with zero attached hydrogens (tertiary/aromatic N) is 2. The summed E-state index contributed by atoms with van der Waals surface area (Å²) in [6, 6.07) is 30.9. The zero-order valence-electron chi connectivity index (χ0n) is 17.5. The molecule has 0 aliphatic carbocycles. The van der Waals surface area contributed by atoms with Gasteiger partial charge in [0, 0.05) is 24.7 Å². The van der Waals surface area contributed by atoms with E-state index in [9.17, 15) is 9.59 Å². The third-order valence-electron chi connectivity index (χ3n) is 4.91. The van der Waals surface area contributed by atoms with Crippen LogP contribution in [-0.4, -0.2) is 26.5 Å². The number of benzene rings is 3. The highest BCUT2D eigenvalue weighted by Gasteiger charge is 2.16. The van der Waals surface area contributed by atoms with Crippen molar-refractivity contribution in [2.45, 2.75) is 18.2 Å². The van der Waals surface area contributed by atoms with Crippen molar-refractivity contribution in [3.05, 3.63) is 119 Å². The van der Waals surface area contributed by atoms with Crippen LogP contribution in [0.25, 0.3) is 11.3 Å². The van der Waals surface area contributed by atoms with E-state index in [2.05, 4.69) is 9.97 Å². The molecule has 3 aromatic carbocycles. The van der Waals surface area contributed by atoms with Crippen LogP contribution in [0.3, 0.4) is 0 Å². The Hall–Kier alpha value is -3.64. The standard InChI is InChI=1S/C26H23N3O2S/c30-24-16-23(22-14-8-3-9-15-22)27-26(28-24)32-19-25(31)29(17-20-10-4-1-5-11-20)18-21-12-6-2-7-13-21/h1-16H,17-19H2,(H,27,28,30). The minimum absolute atomic E-state index is 0.0181. The highest BCUT2D eigenvalue weighted by atomic mass is 32.2. The minimum atomic E-state index is -0.237. The molecule has 1 aromatic heterocycles. The summed E-state index contributed by atoms with van der Waals surface area (Å²) in [5, 5.41) is 0.434. The van der Waals surface area contributed by atoms with Crippen molar-refractivity contribution in [2.24, 2.45) is 0 Å². The normalized spacial score (nSPS) is 10.6. The summed E-state index contributed by atoms with van der Waals surface area (Å²) in [5.41, 5.74) is 3.36. The Morgan fingerprint density at radius 3 is 1.91 bits per heavy atom. The number of carbonyl (C=O) groups is 1. The molecule has 0 fully saturated rings. The lowest BCUT2D eigenvalue weighted by molar-refractivity contribution is -0.129. The molecular weight excluding hydrogens is 418 g/mol. The van der Waals surface area contributed by atoms with E-state index in [4.69, 9.17) is 0 Å². The molecule has 1 heterocycles. The van der Waals surface area contributed by atoms with Gasteiger partial charge in [0.1, 0.15) is 0 Å². The summed E-state index contributed by atoms with van der Waals surface area (Å²) in [5.74, 6) is 0.163. The minimum Gasteiger partial charge on any atom is -0.333 e. The van der Waals surface area contributed by atoms with Gasteiger partial charge in [0.2, 0.25) is 5.91 Å². The lowest BCUT2D eigenvalue weighted by Gasteiger charge is -2.23. The number of thioether (sulfide) groups is 1. The maximum atomic E-state index is 13.2. The van der Waals surface area contributed by atoms with E-state index in [1.165, 1.54) is 17.8 Å². The van der Waals surface area contributed by atoms with Gasteiger partial charge in [-0.1, -0.05) is 103 Å². The molecule has 4 rings (SSSR count). The van der Waals surface area contributed by atoms with E-state index < -0.39 is 0 Å². The van der Waals surface area contributed by atoms with Gasteiger partial charge in [-0.3, -0.25) is 9.59 Å². The summed E-state index contributed by atoms with van der Waals surface area (Å²) < 4.78 is 0. The van der Waals surface area contributed by atoms with E-state index in [1.54, 1.807) is 0 Å². The van der Waals surface area contributed by atoms with Crippen molar-refractivity contribution in [3.8, 4) is 11.3 Å². The molecule has 5 nitrogen and oxygen atoms in total. The number of amides is 1. The molecule has 0 spiro atoms. The Morgan fingerprint density at radius 2 is 1.34 bits per heavy atom. The van der Waals surface area contributed by atoms with Crippen LogP contribution in [0, 0.1) is 0 Å². The van der Waals surface area contributed by atoms with Gasteiger partial charge in [-0.25, -0.2) is 4.98 Å². The lowest BCUT2D eigenvalue weighted by Crippen LogP contribution is -2.31. The second-order valence-corrected chi connectivity index (χ2v) is 8.28. The van der Waals surface area contributed by atoms with Gasteiger partial charge in [-0.15, -0.1) is 0 Å². The fourth-order valence-corrected chi connectivity index (χ4v) is 4.10. The summed E-state index contributed by atoms with van der Waals surface area (Å²) in [6.07, 6.45) is 0. The Kier molecular flexibility index (Phi) is 7.15. The SMILES string of the molecule is O=C(CSc1nc(-c2ccccc2)cc(=O)[nH]1)N(Cc1ccccc1)Cc1ccccc1. The molecule has 0 saturated heterocycles. The maximum absolute atomic E-state index is 13.2. The van der Waals surface area contributed by atoms with Crippen LogP contribution in [0.5, 0.6) is 0 Å². The smallest absolute Gasteiger partial charge is 0.252 e. The maximum Gasteiger partial charge on any atom is 0.252 e. The zero-order valence-corrected chi connectivity index (χ0v) is 18.3. The molecule has 0 aliphatic heterocycles. The summed E-state index contributed by atoms with van der Waals surface area (Å²) in [6.45, 7) is 1.03. The third-order valence-corrected chi connectivity index (χ3v) is 5.77. The number of hydrogen-bond donors (Lipinski definition) is 1. The van der Waals surface area contributed by atoms with Gasteiger partial charge in [-0.2, -0.15) is 0 Å². The molecule has 0 unspecified atom stereocenters. The lowest BCUT2D eigenvalue weighted by atomic mass is 10.1. The van der Waals surface area contributed by atoms with Crippen LogP contribution in [-0.2, 0) is 17.9 Å². The second-order valence-electron chi connectivity index (χ2n) is 7.31. The van der Waals surface area contributed by atoms with Crippen LogP contribution < -0.4 is 5.56 Å². The van der Waals surface area contributed by atoms with Gasteiger partial charge in [0.25, 0.3) is 5.56 Å². The number of nitrogens with one attached hydrogen (secondary N) is 1. The van der Waals surface area contributed by atoms with Crippen molar-refractivity contribution in [1.82, 2.24) is 14.9 Å². The molecule has 32 heavy (non-hydrogen) atoms. The van der Waals surface area contributed by atoms with E-state index >= 15 is 0 Å². The highest BCUT2D eigenvalue weighted by Crippen LogP contribution is 2.20. The number of aromatic amines is 1. The predicted molar refractivity (Wildman–Crippen MR) is 128 cm³/mol. The van der Waals surface area contributed by atoms with E-state index in [0.717, 1.165) is 16.7 Å². The van der Waals surface area contributed by atoms with E-state index in [1.807, 2.05) is 95.9 Å². The zero-order chi connectivity index (χ0) is 22.2. The predicted octanol–water partition coefficient (Wildman–Crippen LogP) is 4.76. The summed E-state index contributed by atoms with van der Waals surface area (Å²) in [4.78, 5) is 34.4. The molecule has 0 aliphatic rings. The Morgan fingerprint density at radius 1 is 0.812 bits per heavy atom. The fourth-order valence-electron chi connectivity index (χ4n) is 3.32. The molecule has 0 atom stereocenters. The highest BCUT2D eigenvalue weighted by molar-refractivity contribution is 7.99. The molecule has 0 bridgehead atoms. The van der Waals surface area contributed by atoms with E-state index in [-0.39, 0.29) is 17.2 Å². The molecule has 6 heteroatoms. The number of H-pyrrole nitrogens is 1. The molecular formula is C26H23N3O2S. The second kappa shape index (κ2) is 10.6. The first-order chi connectivity index (χ1) is 15.7. The largest absolute Gasteiger partial charge is 0.333 e. The van der Waals surface area contributed by atoms with Crippen molar-refractivity contribution in [1.29, 1.82) is 0 Å². The molecule has 1 amide bonds. The summed E-state index contributed by atoms with van der Waals surface area (Å²) >= 11 is 1.24. The summed E-state index contributed by atoms with van der Waals surface area (Å²) in [7, 11) is 0. The first-order valence-electron chi connectivity index (χ1n) is 10.3. The Labute approximate surface area is 191 Å². The fraction of sp³-hybridized carbons (Fsp3) is 0.115. The van der Waals surface area contributed by atoms with Gasteiger partial charge < -0.3 is 9.88 Å². The monoisotopic (exact) mass is 441 g/mol. The van der Waals surface area contributed by atoms with Gasteiger partial charge >= 0.3 is 0 Å². The van der Waals surface area contributed by atoms with Crippen LogP contribution in [0.15, 0.2) is 107 Å². The van der Waals surface area contributed by atoms with Crippen LogP contribution in [0.1, 0.15) is 11.1 Å². The van der Waals surface area contributed by atoms with Crippen LogP contribution in [0.2, 0.25) is 0 Å². The molecule has 0 saturated carbocycles. The first kappa shape index (κ1) is 21.6. The number of carbonyl (C=O) groups excluding carboxylic acids is 1. The van der Waals surface area contributed by atoms with Crippen molar-refractivity contribution in [2.75, 3.05) is 5.75 Å². The first-order valence-corrected chi connectivity index (χ1v) is 11.3. The van der Waals surface area contributed by atoms with Gasteiger partial charge in [0.05, 0.1) is 11.4 Å². The number of aromatic nitrogens is 2. The van der Waals surface area contributed by atoms with Crippen molar-refractivity contribution >= 4 is 17.7 Å². The topological polar surface area (TPSA) is 66.1 Å². The Balaban J connectivity index is 1.49. The molecule has 4 aromatic rings. The molecule has 1 N–H and O–H groups in total. The third kappa shape index (κ3) is 5.95. The number of rotatable bonds is 8. The molecule has 160 valence electrons. The average Bonchev–Trinajstić information content (AvgIpc) is 2.84. The Bertz CT molecular complexity index is 1170. The van der Waals surface area contributed by atoms with Crippen molar-refractivity contribution in [3.63, 3.8) is 0 Å². The number of hydrogen-bond acceptors (Lipinski definition) is 4. The van der Waals surface area contributed by atoms with Gasteiger partial charge in [0.15, 0.2) is 5.16 Å². The molecule has 0 radical (unpaired) electrons. The van der Waals surface area contributed by atoms with Crippen molar-refractivity contribution < 1.29 is 4.79 Å². The van der Waals surface area contributed by atoms with Crippen LogP contribution >= 0.6 is 11.8 Å². The van der Waals surface area contributed by atoms with Crippen LogP contribution in [0.4, 0.5) is 0 Å². The average molecular weight is 442 g/mol. The van der Waals surface area contributed by atoms with E-state index in [0.29, 0.717) is 23.9 Å².